The fourth-order valence-corrected chi connectivity index (χ4v) is 2.45. The molecule has 1 aromatic rings. The lowest BCUT2D eigenvalue weighted by Gasteiger charge is -2.24. The van der Waals surface area contributed by atoms with Gasteiger partial charge in [-0.2, -0.15) is 5.26 Å². The lowest BCUT2D eigenvalue weighted by atomic mass is 10.0. The van der Waals surface area contributed by atoms with Crippen molar-refractivity contribution in [2.24, 2.45) is 5.92 Å². The van der Waals surface area contributed by atoms with Gasteiger partial charge in [-0.3, -0.25) is 0 Å². The van der Waals surface area contributed by atoms with Crippen LogP contribution in [0.25, 0.3) is 0 Å². The van der Waals surface area contributed by atoms with E-state index in [1.807, 2.05) is 12.1 Å². The van der Waals surface area contributed by atoms with Crippen LogP contribution in [0.4, 0.5) is 0 Å². The van der Waals surface area contributed by atoms with Crippen molar-refractivity contribution in [2.45, 2.75) is 39.8 Å². The number of benzene rings is 1. The summed E-state index contributed by atoms with van der Waals surface area (Å²) in [6.45, 7) is 8.51. The maximum atomic E-state index is 8.90. The van der Waals surface area contributed by atoms with Crippen molar-refractivity contribution in [3.05, 3.63) is 34.9 Å². The van der Waals surface area contributed by atoms with E-state index in [9.17, 15) is 0 Å². The molecule has 0 fully saturated rings. The topological polar surface area (TPSA) is 39.1 Å². The number of rotatable bonds is 7. The molecule has 1 aromatic carbocycles. The minimum atomic E-state index is 0.500. The summed E-state index contributed by atoms with van der Waals surface area (Å²) < 4.78 is 0. The zero-order valence-corrected chi connectivity index (χ0v) is 13.4. The Bertz CT molecular complexity index is 448. The van der Waals surface area contributed by atoms with Crippen molar-refractivity contribution in [2.75, 3.05) is 20.6 Å². The number of likely N-dealkylation sites (N-methyl/N-ethyl adjacent to an activating group) is 1. The van der Waals surface area contributed by atoms with Crippen LogP contribution in [0.1, 0.15) is 37.0 Å². The van der Waals surface area contributed by atoms with Crippen LogP contribution in [-0.2, 0) is 6.54 Å². The summed E-state index contributed by atoms with van der Waals surface area (Å²) in [6, 6.07) is 8.60. The fraction of sp³-hybridized carbons (Fsp3) is 0.588. The van der Waals surface area contributed by atoms with E-state index < -0.39 is 0 Å². The van der Waals surface area contributed by atoms with E-state index in [0.717, 1.165) is 18.7 Å². The van der Waals surface area contributed by atoms with E-state index in [4.69, 9.17) is 5.26 Å². The van der Waals surface area contributed by atoms with Gasteiger partial charge >= 0.3 is 0 Å². The third-order valence-electron chi connectivity index (χ3n) is 3.39. The van der Waals surface area contributed by atoms with Crippen molar-refractivity contribution in [1.29, 1.82) is 5.26 Å². The standard InChI is InChI=1S/C17H27N3/c1-13(2)8-17(12-20(4)5)19-11-16-7-6-15(10-18)9-14(16)3/h6-7,9,13,17,19H,8,11-12H2,1-5H3. The Morgan fingerprint density at radius 2 is 2.00 bits per heavy atom. The SMILES string of the molecule is Cc1cc(C#N)ccc1CNC(CC(C)C)CN(C)C. The van der Waals surface area contributed by atoms with Crippen LogP contribution in [-0.4, -0.2) is 31.6 Å². The van der Waals surface area contributed by atoms with E-state index in [1.165, 1.54) is 17.5 Å². The monoisotopic (exact) mass is 273 g/mol. The smallest absolute Gasteiger partial charge is 0.0991 e. The molecule has 0 amide bonds. The van der Waals surface area contributed by atoms with Crippen LogP contribution in [0.5, 0.6) is 0 Å². The predicted molar refractivity (Wildman–Crippen MR) is 84.5 cm³/mol. The minimum Gasteiger partial charge on any atom is -0.309 e. The molecule has 3 nitrogen and oxygen atoms in total. The minimum absolute atomic E-state index is 0.500. The van der Waals surface area contributed by atoms with Gasteiger partial charge in [0.1, 0.15) is 0 Å². The summed E-state index contributed by atoms with van der Waals surface area (Å²) in [5.41, 5.74) is 3.19. The van der Waals surface area contributed by atoms with Crippen LogP contribution >= 0.6 is 0 Å². The van der Waals surface area contributed by atoms with Gasteiger partial charge in [0.25, 0.3) is 0 Å². The first-order valence-electron chi connectivity index (χ1n) is 7.30. The second kappa shape index (κ2) is 8.04. The first-order valence-corrected chi connectivity index (χ1v) is 7.30. The molecule has 1 unspecified atom stereocenters. The van der Waals surface area contributed by atoms with Gasteiger partial charge in [0.2, 0.25) is 0 Å². The third-order valence-corrected chi connectivity index (χ3v) is 3.39. The van der Waals surface area contributed by atoms with Crippen molar-refractivity contribution in [3.63, 3.8) is 0 Å². The Morgan fingerprint density at radius 3 is 2.50 bits per heavy atom. The second-order valence-electron chi connectivity index (χ2n) is 6.22. The molecule has 110 valence electrons. The summed E-state index contributed by atoms with van der Waals surface area (Å²) >= 11 is 0. The molecular weight excluding hydrogens is 246 g/mol. The zero-order valence-electron chi connectivity index (χ0n) is 13.4. The van der Waals surface area contributed by atoms with Gasteiger partial charge in [-0.1, -0.05) is 19.9 Å². The quantitative estimate of drug-likeness (QED) is 0.830. The highest BCUT2D eigenvalue weighted by molar-refractivity contribution is 5.37. The molecular formula is C17H27N3. The van der Waals surface area contributed by atoms with Crippen LogP contribution in [0.15, 0.2) is 18.2 Å². The van der Waals surface area contributed by atoms with E-state index >= 15 is 0 Å². The van der Waals surface area contributed by atoms with Crippen LogP contribution in [0.3, 0.4) is 0 Å². The van der Waals surface area contributed by atoms with Gasteiger partial charge in [-0.15, -0.1) is 0 Å². The van der Waals surface area contributed by atoms with Gasteiger partial charge in [0.15, 0.2) is 0 Å². The molecule has 0 saturated heterocycles. The highest BCUT2D eigenvalue weighted by Gasteiger charge is 2.12. The number of nitrogens with zero attached hydrogens (tertiary/aromatic N) is 2. The molecule has 1 N–H and O–H groups in total. The molecule has 1 rings (SSSR count). The lowest BCUT2D eigenvalue weighted by molar-refractivity contribution is 0.305. The molecule has 0 aliphatic carbocycles. The molecule has 20 heavy (non-hydrogen) atoms. The second-order valence-corrected chi connectivity index (χ2v) is 6.22. The van der Waals surface area contributed by atoms with E-state index in [2.05, 4.69) is 57.2 Å². The van der Waals surface area contributed by atoms with E-state index in [0.29, 0.717) is 12.0 Å². The highest BCUT2D eigenvalue weighted by Crippen LogP contribution is 2.12. The van der Waals surface area contributed by atoms with Gasteiger partial charge in [0, 0.05) is 19.1 Å². The molecule has 0 spiro atoms. The molecule has 0 saturated carbocycles. The van der Waals surface area contributed by atoms with Crippen LogP contribution in [0, 0.1) is 24.2 Å². The molecule has 0 heterocycles. The molecule has 0 aliphatic heterocycles. The first kappa shape index (κ1) is 16.7. The Labute approximate surface area is 123 Å². The van der Waals surface area contributed by atoms with Gasteiger partial charge in [-0.25, -0.2) is 0 Å². The van der Waals surface area contributed by atoms with Crippen molar-refractivity contribution < 1.29 is 0 Å². The van der Waals surface area contributed by atoms with Crippen LogP contribution in [0.2, 0.25) is 0 Å². The maximum Gasteiger partial charge on any atom is 0.0991 e. The summed E-state index contributed by atoms with van der Waals surface area (Å²) in [5.74, 6) is 0.689. The van der Waals surface area contributed by atoms with Crippen molar-refractivity contribution >= 4 is 0 Å². The van der Waals surface area contributed by atoms with Crippen molar-refractivity contribution in [3.8, 4) is 6.07 Å². The van der Waals surface area contributed by atoms with E-state index in [1.54, 1.807) is 0 Å². The number of aryl methyl sites for hydroxylation is 1. The molecule has 0 bridgehead atoms. The summed E-state index contributed by atoms with van der Waals surface area (Å²) in [6.07, 6.45) is 1.17. The Morgan fingerprint density at radius 1 is 1.30 bits per heavy atom. The van der Waals surface area contributed by atoms with Crippen LogP contribution < -0.4 is 5.32 Å². The van der Waals surface area contributed by atoms with Gasteiger partial charge < -0.3 is 10.2 Å². The average Bonchev–Trinajstić information content (AvgIpc) is 2.35. The number of nitrogens with one attached hydrogen (secondary N) is 1. The first-order chi connectivity index (χ1) is 9.42. The van der Waals surface area contributed by atoms with Crippen molar-refractivity contribution in [1.82, 2.24) is 10.2 Å². The summed E-state index contributed by atoms with van der Waals surface area (Å²) in [7, 11) is 4.23. The number of nitriles is 1. The molecule has 3 heteroatoms. The Kier molecular flexibility index (Phi) is 6.70. The lowest BCUT2D eigenvalue weighted by Crippen LogP contribution is -2.38. The van der Waals surface area contributed by atoms with Gasteiger partial charge in [0.05, 0.1) is 11.6 Å². The molecule has 1 atom stereocenters. The average molecular weight is 273 g/mol. The largest absolute Gasteiger partial charge is 0.309 e. The summed E-state index contributed by atoms with van der Waals surface area (Å²) in [4.78, 5) is 2.23. The third kappa shape index (κ3) is 5.73. The fourth-order valence-electron chi connectivity index (χ4n) is 2.45. The normalized spacial score (nSPS) is 12.7. The Hall–Kier alpha value is -1.37. The molecule has 0 aromatic heterocycles. The molecule has 0 aliphatic rings. The zero-order chi connectivity index (χ0) is 15.1. The summed E-state index contributed by atoms with van der Waals surface area (Å²) in [5, 5.41) is 12.6. The number of hydrogen-bond donors (Lipinski definition) is 1. The van der Waals surface area contributed by atoms with E-state index in [-0.39, 0.29) is 0 Å². The molecule has 0 radical (unpaired) electrons. The number of hydrogen-bond acceptors (Lipinski definition) is 3. The highest BCUT2D eigenvalue weighted by atomic mass is 15.1. The predicted octanol–water partition coefficient (Wildman–Crippen LogP) is 2.93. The maximum absolute atomic E-state index is 8.90. The van der Waals surface area contributed by atoms with Gasteiger partial charge in [-0.05, 0) is 56.6 Å². The Balaban J connectivity index is 2.64.